The van der Waals surface area contributed by atoms with Gasteiger partial charge in [0.2, 0.25) is 0 Å². The van der Waals surface area contributed by atoms with Crippen LogP contribution in [0.15, 0.2) is 65.1 Å². The second-order valence-corrected chi connectivity index (χ2v) is 6.08. The van der Waals surface area contributed by atoms with Crippen molar-refractivity contribution in [2.24, 2.45) is 0 Å². The molecule has 0 fully saturated rings. The van der Waals surface area contributed by atoms with Gasteiger partial charge in [0, 0.05) is 10.0 Å². The largest absolute Gasteiger partial charge is 0.496 e. The average Bonchev–Trinajstić information content (AvgIpc) is 2.55. The number of benzene rings is 3. The summed E-state index contributed by atoms with van der Waals surface area (Å²) in [4.78, 5) is 0. The third-order valence-electron chi connectivity index (χ3n) is 3.59. The number of alkyl halides is 1. The van der Waals surface area contributed by atoms with Gasteiger partial charge in [-0.1, -0.05) is 64.5 Å². The molecule has 0 bridgehead atoms. The van der Waals surface area contributed by atoms with Crippen LogP contribution in [0, 0.1) is 0 Å². The van der Waals surface area contributed by atoms with Crippen LogP contribution in [0.2, 0.25) is 0 Å². The highest BCUT2D eigenvalue weighted by Gasteiger charge is 2.18. The molecular formula is C18H14BrClO. The first kappa shape index (κ1) is 14.4. The van der Waals surface area contributed by atoms with Gasteiger partial charge in [0.15, 0.2) is 0 Å². The van der Waals surface area contributed by atoms with Gasteiger partial charge in [-0.15, -0.1) is 11.6 Å². The third kappa shape index (κ3) is 2.66. The van der Waals surface area contributed by atoms with Gasteiger partial charge >= 0.3 is 0 Å². The quantitative estimate of drug-likeness (QED) is 0.525. The molecule has 0 aliphatic rings. The molecule has 0 aliphatic heterocycles. The number of ether oxygens (including phenoxy) is 1. The Hall–Kier alpha value is -1.51. The Labute approximate surface area is 137 Å². The number of hydrogen-bond acceptors (Lipinski definition) is 1. The van der Waals surface area contributed by atoms with Crippen LogP contribution in [-0.4, -0.2) is 7.11 Å². The maximum absolute atomic E-state index is 6.75. The molecule has 3 heteroatoms. The van der Waals surface area contributed by atoms with Crippen LogP contribution in [0.3, 0.4) is 0 Å². The van der Waals surface area contributed by atoms with Gasteiger partial charge in [0.1, 0.15) is 5.75 Å². The van der Waals surface area contributed by atoms with E-state index in [1.807, 2.05) is 42.5 Å². The normalized spacial score (nSPS) is 12.3. The van der Waals surface area contributed by atoms with Crippen LogP contribution in [0.5, 0.6) is 5.75 Å². The topological polar surface area (TPSA) is 9.23 Å². The van der Waals surface area contributed by atoms with Crippen molar-refractivity contribution in [2.75, 3.05) is 7.11 Å². The Morgan fingerprint density at radius 2 is 1.52 bits per heavy atom. The molecule has 106 valence electrons. The van der Waals surface area contributed by atoms with E-state index in [0.717, 1.165) is 32.1 Å². The molecule has 0 saturated carbocycles. The Bertz CT molecular complexity index is 785. The molecule has 21 heavy (non-hydrogen) atoms. The zero-order valence-electron chi connectivity index (χ0n) is 11.5. The summed E-state index contributed by atoms with van der Waals surface area (Å²) < 4.78 is 6.50. The van der Waals surface area contributed by atoms with Gasteiger partial charge in [-0.05, 0) is 28.5 Å². The van der Waals surface area contributed by atoms with Crippen LogP contribution < -0.4 is 4.74 Å². The monoisotopic (exact) mass is 360 g/mol. The van der Waals surface area contributed by atoms with Crippen molar-refractivity contribution < 1.29 is 4.74 Å². The molecular weight excluding hydrogens is 348 g/mol. The lowest BCUT2D eigenvalue weighted by Gasteiger charge is -2.16. The minimum Gasteiger partial charge on any atom is -0.496 e. The average molecular weight is 362 g/mol. The first-order chi connectivity index (χ1) is 10.2. The summed E-state index contributed by atoms with van der Waals surface area (Å²) in [6.07, 6.45) is 0. The van der Waals surface area contributed by atoms with Crippen LogP contribution >= 0.6 is 27.5 Å². The van der Waals surface area contributed by atoms with E-state index in [2.05, 4.69) is 34.1 Å². The second kappa shape index (κ2) is 6.08. The molecule has 1 unspecified atom stereocenters. The van der Waals surface area contributed by atoms with Gasteiger partial charge in [-0.2, -0.15) is 0 Å². The van der Waals surface area contributed by atoms with E-state index >= 15 is 0 Å². The fraction of sp³-hybridized carbons (Fsp3) is 0.111. The standard InChI is InChI=1S/C18H14BrClO/c1-21-17-9-5-4-8-15(17)18(20)14-10-11-16(19)13-7-3-2-6-12(13)14/h2-11,18H,1H3. The van der Waals surface area contributed by atoms with Crippen molar-refractivity contribution in [3.63, 3.8) is 0 Å². The van der Waals surface area contributed by atoms with Crippen molar-refractivity contribution in [1.29, 1.82) is 0 Å². The number of methoxy groups -OCH3 is 1. The Morgan fingerprint density at radius 1 is 0.857 bits per heavy atom. The summed E-state index contributed by atoms with van der Waals surface area (Å²) in [5.74, 6) is 0.810. The predicted octanol–water partition coefficient (Wildman–Crippen LogP) is 5.94. The molecule has 0 N–H and O–H groups in total. The molecule has 0 radical (unpaired) electrons. The lowest BCUT2D eigenvalue weighted by atomic mass is 9.97. The van der Waals surface area contributed by atoms with E-state index in [4.69, 9.17) is 16.3 Å². The van der Waals surface area contributed by atoms with Crippen LogP contribution in [-0.2, 0) is 0 Å². The molecule has 3 rings (SSSR count). The van der Waals surface area contributed by atoms with E-state index in [1.165, 1.54) is 0 Å². The minimum absolute atomic E-state index is 0.251. The highest BCUT2D eigenvalue weighted by molar-refractivity contribution is 9.10. The SMILES string of the molecule is COc1ccccc1C(Cl)c1ccc(Br)c2ccccc12. The number of fused-ring (bicyclic) bond motifs is 1. The first-order valence-electron chi connectivity index (χ1n) is 6.66. The lowest BCUT2D eigenvalue weighted by molar-refractivity contribution is 0.410. The molecule has 3 aromatic rings. The molecule has 0 aliphatic carbocycles. The molecule has 0 aromatic heterocycles. The summed E-state index contributed by atoms with van der Waals surface area (Å²) in [6, 6.07) is 20.2. The number of halogens is 2. The van der Waals surface area contributed by atoms with Crippen molar-refractivity contribution in [1.82, 2.24) is 0 Å². The van der Waals surface area contributed by atoms with Crippen LogP contribution in [0.1, 0.15) is 16.5 Å². The van der Waals surface area contributed by atoms with Crippen LogP contribution in [0.4, 0.5) is 0 Å². The van der Waals surface area contributed by atoms with Crippen molar-refractivity contribution in [2.45, 2.75) is 5.38 Å². The molecule has 1 atom stereocenters. The Kier molecular flexibility index (Phi) is 4.18. The van der Waals surface area contributed by atoms with E-state index in [0.29, 0.717) is 0 Å². The number of hydrogen-bond donors (Lipinski definition) is 0. The summed E-state index contributed by atoms with van der Waals surface area (Å²) in [7, 11) is 1.67. The van der Waals surface area contributed by atoms with Gasteiger partial charge in [0.05, 0.1) is 12.5 Å². The van der Waals surface area contributed by atoms with E-state index in [9.17, 15) is 0 Å². The van der Waals surface area contributed by atoms with E-state index in [1.54, 1.807) is 7.11 Å². The maximum Gasteiger partial charge on any atom is 0.123 e. The van der Waals surface area contributed by atoms with Gasteiger partial charge in [0.25, 0.3) is 0 Å². The minimum atomic E-state index is -0.251. The summed E-state index contributed by atoms with van der Waals surface area (Å²) >= 11 is 10.3. The summed E-state index contributed by atoms with van der Waals surface area (Å²) in [5.41, 5.74) is 2.06. The Balaban J connectivity index is 2.18. The smallest absolute Gasteiger partial charge is 0.123 e. The Morgan fingerprint density at radius 3 is 2.29 bits per heavy atom. The molecule has 1 nitrogen and oxygen atoms in total. The third-order valence-corrected chi connectivity index (χ3v) is 4.75. The zero-order chi connectivity index (χ0) is 14.8. The second-order valence-electron chi connectivity index (χ2n) is 4.79. The highest BCUT2D eigenvalue weighted by Crippen LogP contribution is 2.39. The zero-order valence-corrected chi connectivity index (χ0v) is 13.9. The molecule has 0 amide bonds. The van der Waals surface area contributed by atoms with Gasteiger partial charge in [-0.25, -0.2) is 0 Å². The maximum atomic E-state index is 6.75. The number of rotatable bonds is 3. The van der Waals surface area contributed by atoms with Gasteiger partial charge < -0.3 is 4.74 Å². The van der Waals surface area contributed by atoms with Crippen molar-refractivity contribution in [3.8, 4) is 5.75 Å². The fourth-order valence-corrected chi connectivity index (χ4v) is 3.40. The van der Waals surface area contributed by atoms with Crippen LogP contribution in [0.25, 0.3) is 10.8 Å². The molecule has 0 saturated heterocycles. The molecule has 0 heterocycles. The molecule has 3 aromatic carbocycles. The van der Waals surface area contributed by atoms with E-state index in [-0.39, 0.29) is 5.38 Å². The van der Waals surface area contributed by atoms with Gasteiger partial charge in [-0.3, -0.25) is 0 Å². The molecule has 0 spiro atoms. The van der Waals surface area contributed by atoms with Crippen molar-refractivity contribution in [3.05, 3.63) is 76.3 Å². The lowest BCUT2D eigenvalue weighted by Crippen LogP contribution is -1.98. The first-order valence-corrected chi connectivity index (χ1v) is 7.89. The summed E-state index contributed by atoms with van der Waals surface area (Å²) in [6.45, 7) is 0. The van der Waals surface area contributed by atoms with E-state index < -0.39 is 0 Å². The fourth-order valence-electron chi connectivity index (χ4n) is 2.55. The highest BCUT2D eigenvalue weighted by atomic mass is 79.9. The number of para-hydroxylation sites is 1. The summed E-state index contributed by atoms with van der Waals surface area (Å²) in [5, 5.41) is 2.06. The predicted molar refractivity (Wildman–Crippen MR) is 92.3 cm³/mol. The van der Waals surface area contributed by atoms with Crippen molar-refractivity contribution >= 4 is 38.3 Å².